The fourth-order valence-electron chi connectivity index (χ4n) is 2.68. The summed E-state index contributed by atoms with van der Waals surface area (Å²) in [7, 11) is 1.69. The predicted molar refractivity (Wildman–Crippen MR) is 80.6 cm³/mol. The van der Waals surface area contributed by atoms with Gasteiger partial charge in [0.05, 0.1) is 11.5 Å². The van der Waals surface area contributed by atoms with E-state index in [9.17, 15) is 10.1 Å². The topological polar surface area (TPSA) is 80.5 Å². The van der Waals surface area contributed by atoms with Crippen LogP contribution in [0.2, 0.25) is 0 Å². The first-order chi connectivity index (χ1) is 10.1. The van der Waals surface area contributed by atoms with Gasteiger partial charge in [-0.2, -0.15) is 0 Å². The number of nitrogens with zero attached hydrogens (tertiary/aromatic N) is 3. The molecule has 0 radical (unpaired) electrons. The number of pyridine rings is 1. The summed E-state index contributed by atoms with van der Waals surface area (Å²) in [5, 5.41) is 14.4. The van der Waals surface area contributed by atoms with Gasteiger partial charge < -0.3 is 10.1 Å². The highest BCUT2D eigenvalue weighted by Crippen LogP contribution is 2.27. The van der Waals surface area contributed by atoms with Crippen LogP contribution in [0, 0.1) is 17.0 Å². The molecular weight excluding hydrogens is 272 g/mol. The summed E-state index contributed by atoms with van der Waals surface area (Å²) < 4.78 is 5.10. The van der Waals surface area contributed by atoms with Gasteiger partial charge in [0.2, 0.25) is 5.82 Å². The van der Waals surface area contributed by atoms with Crippen LogP contribution in [-0.4, -0.2) is 54.2 Å². The molecule has 21 heavy (non-hydrogen) atoms. The zero-order chi connectivity index (χ0) is 15.2. The summed E-state index contributed by atoms with van der Waals surface area (Å²) in [4.78, 5) is 17.3. The lowest BCUT2D eigenvalue weighted by Crippen LogP contribution is -2.43. The Kier molecular flexibility index (Phi) is 5.46. The van der Waals surface area contributed by atoms with E-state index >= 15 is 0 Å². The zero-order valence-corrected chi connectivity index (χ0v) is 12.5. The van der Waals surface area contributed by atoms with Crippen LogP contribution in [0.5, 0.6) is 0 Å². The Morgan fingerprint density at radius 3 is 3.14 bits per heavy atom. The number of rotatable bonds is 6. The van der Waals surface area contributed by atoms with Crippen molar-refractivity contribution < 1.29 is 9.66 Å². The first-order valence-electron chi connectivity index (χ1n) is 7.19. The third kappa shape index (κ3) is 4.12. The number of nitrogens with one attached hydrogen (secondary N) is 1. The zero-order valence-electron chi connectivity index (χ0n) is 12.5. The lowest BCUT2D eigenvalue weighted by Gasteiger charge is -2.33. The van der Waals surface area contributed by atoms with Crippen molar-refractivity contribution in [2.45, 2.75) is 25.8 Å². The summed E-state index contributed by atoms with van der Waals surface area (Å²) in [5.41, 5.74) is 0.705. The number of likely N-dealkylation sites (tertiary alicyclic amines) is 1. The Bertz CT molecular complexity index is 495. The van der Waals surface area contributed by atoms with Gasteiger partial charge in [0.25, 0.3) is 0 Å². The largest absolute Gasteiger partial charge is 0.383 e. The van der Waals surface area contributed by atoms with Crippen LogP contribution in [0.15, 0.2) is 12.3 Å². The van der Waals surface area contributed by atoms with E-state index in [0.717, 1.165) is 32.5 Å². The number of hydrogen-bond acceptors (Lipinski definition) is 6. The van der Waals surface area contributed by atoms with Crippen LogP contribution >= 0.6 is 0 Å². The minimum absolute atomic E-state index is 0.0755. The van der Waals surface area contributed by atoms with Crippen LogP contribution in [0.1, 0.15) is 18.4 Å². The lowest BCUT2D eigenvalue weighted by atomic mass is 10.1. The Hall–Kier alpha value is -1.73. The molecule has 1 aromatic rings. The highest BCUT2D eigenvalue weighted by Gasteiger charge is 2.24. The summed E-state index contributed by atoms with van der Waals surface area (Å²) in [6.07, 6.45) is 3.67. The van der Waals surface area contributed by atoms with Crippen molar-refractivity contribution in [1.29, 1.82) is 0 Å². The molecule has 0 aliphatic carbocycles. The highest BCUT2D eigenvalue weighted by atomic mass is 16.6. The van der Waals surface area contributed by atoms with Crippen LogP contribution in [0.4, 0.5) is 11.5 Å². The second-order valence-corrected chi connectivity index (χ2v) is 5.36. The van der Waals surface area contributed by atoms with E-state index in [0.29, 0.717) is 18.0 Å². The van der Waals surface area contributed by atoms with Gasteiger partial charge in [0.15, 0.2) is 0 Å². The Labute approximate surface area is 124 Å². The van der Waals surface area contributed by atoms with Gasteiger partial charge in [0.1, 0.15) is 0 Å². The summed E-state index contributed by atoms with van der Waals surface area (Å²) in [6.45, 7) is 5.23. The van der Waals surface area contributed by atoms with Crippen molar-refractivity contribution in [3.05, 3.63) is 27.9 Å². The molecule has 2 heterocycles. The first-order valence-corrected chi connectivity index (χ1v) is 7.19. The molecule has 1 saturated heterocycles. The van der Waals surface area contributed by atoms with E-state index in [1.165, 1.54) is 0 Å². The van der Waals surface area contributed by atoms with Crippen LogP contribution in [0.3, 0.4) is 0 Å². The quantitative estimate of drug-likeness (QED) is 0.637. The fourth-order valence-corrected chi connectivity index (χ4v) is 2.68. The Morgan fingerprint density at radius 1 is 1.62 bits per heavy atom. The van der Waals surface area contributed by atoms with Crippen molar-refractivity contribution in [3.8, 4) is 0 Å². The molecule has 0 bridgehead atoms. The summed E-state index contributed by atoms with van der Waals surface area (Å²) in [6, 6.07) is 1.85. The van der Waals surface area contributed by atoms with Gasteiger partial charge >= 0.3 is 5.69 Å². The molecule has 1 N–H and O–H groups in total. The monoisotopic (exact) mass is 294 g/mol. The molecule has 2 rings (SSSR count). The molecule has 0 aromatic carbocycles. The van der Waals surface area contributed by atoms with E-state index in [2.05, 4.69) is 15.2 Å². The lowest BCUT2D eigenvalue weighted by molar-refractivity contribution is -0.384. The number of anilines is 1. The minimum atomic E-state index is -0.365. The molecule has 7 nitrogen and oxygen atoms in total. The van der Waals surface area contributed by atoms with E-state index in [-0.39, 0.29) is 16.7 Å². The molecule has 1 aliphatic heterocycles. The van der Waals surface area contributed by atoms with Crippen molar-refractivity contribution >= 4 is 11.5 Å². The predicted octanol–water partition coefficient (Wildman–Crippen LogP) is 1.82. The molecular formula is C14H22N4O3. The van der Waals surface area contributed by atoms with E-state index in [1.54, 1.807) is 26.3 Å². The van der Waals surface area contributed by atoms with Gasteiger partial charge in [-0.15, -0.1) is 0 Å². The Balaban J connectivity index is 2.04. The number of nitro groups is 1. The van der Waals surface area contributed by atoms with Gasteiger partial charge in [-0.25, -0.2) is 4.98 Å². The van der Waals surface area contributed by atoms with Crippen molar-refractivity contribution in [2.24, 2.45) is 0 Å². The Morgan fingerprint density at radius 2 is 2.43 bits per heavy atom. The van der Waals surface area contributed by atoms with E-state index in [1.807, 2.05) is 0 Å². The number of piperidine rings is 1. The average molecular weight is 294 g/mol. The number of hydrogen-bond donors (Lipinski definition) is 1. The van der Waals surface area contributed by atoms with Crippen molar-refractivity contribution in [2.75, 3.05) is 38.7 Å². The number of methoxy groups -OCH3 is 1. The third-order valence-corrected chi connectivity index (χ3v) is 3.77. The second-order valence-electron chi connectivity index (χ2n) is 5.36. The van der Waals surface area contributed by atoms with Gasteiger partial charge in [0, 0.05) is 38.0 Å². The number of aryl methyl sites for hydroxylation is 1. The molecule has 0 saturated carbocycles. The molecule has 7 heteroatoms. The van der Waals surface area contributed by atoms with Gasteiger partial charge in [-0.1, -0.05) is 0 Å². The maximum Gasteiger partial charge on any atom is 0.314 e. The molecule has 0 unspecified atom stereocenters. The van der Waals surface area contributed by atoms with Crippen molar-refractivity contribution in [1.82, 2.24) is 9.88 Å². The standard InChI is InChI=1S/C14H22N4O3/c1-11-5-6-15-14(13(11)18(19)20)16-12-4-3-7-17(10-12)8-9-21-2/h5-6,12H,3-4,7-10H2,1-2H3,(H,15,16)/t12-/m0/s1. The normalized spacial score (nSPS) is 19.4. The number of ether oxygens (including phenoxy) is 1. The highest BCUT2D eigenvalue weighted by molar-refractivity contribution is 5.60. The maximum atomic E-state index is 11.2. The number of aromatic nitrogens is 1. The van der Waals surface area contributed by atoms with Crippen LogP contribution < -0.4 is 5.32 Å². The van der Waals surface area contributed by atoms with E-state index in [4.69, 9.17) is 4.74 Å². The molecule has 0 amide bonds. The maximum absolute atomic E-state index is 11.2. The van der Waals surface area contributed by atoms with Gasteiger partial charge in [-0.3, -0.25) is 15.0 Å². The molecule has 1 fully saturated rings. The summed E-state index contributed by atoms with van der Waals surface area (Å²) in [5.74, 6) is 0.374. The molecule has 0 spiro atoms. The van der Waals surface area contributed by atoms with E-state index < -0.39 is 0 Å². The van der Waals surface area contributed by atoms with Gasteiger partial charge in [-0.05, 0) is 32.4 Å². The summed E-state index contributed by atoms with van der Waals surface area (Å²) >= 11 is 0. The molecule has 1 atom stereocenters. The second kappa shape index (κ2) is 7.33. The molecule has 1 aromatic heterocycles. The smallest absolute Gasteiger partial charge is 0.314 e. The fraction of sp³-hybridized carbons (Fsp3) is 0.643. The molecule has 116 valence electrons. The van der Waals surface area contributed by atoms with Crippen LogP contribution in [0.25, 0.3) is 0 Å². The third-order valence-electron chi connectivity index (χ3n) is 3.77. The minimum Gasteiger partial charge on any atom is -0.383 e. The molecule has 1 aliphatic rings. The van der Waals surface area contributed by atoms with Crippen LogP contribution in [-0.2, 0) is 4.74 Å². The first kappa shape index (κ1) is 15.7. The SMILES string of the molecule is COCCN1CCC[C@H](Nc2nccc(C)c2[N+](=O)[O-])C1. The van der Waals surface area contributed by atoms with Crippen molar-refractivity contribution in [3.63, 3.8) is 0 Å². The average Bonchev–Trinajstić information content (AvgIpc) is 2.45.